The summed E-state index contributed by atoms with van der Waals surface area (Å²) in [6, 6.07) is 2.22. The summed E-state index contributed by atoms with van der Waals surface area (Å²) in [5.74, 6) is -3.59. The van der Waals surface area contributed by atoms with Crippen LogP contribution in [0.1, 0.15) is 29.6 Å². The first-order chi connectivity index (χ1) is 8.51. The fraction of sp³-hybridized carbons (Fsp3) is 0.462. The van der Waals surface area contributed by atoms with Crippen LogP contribution in [0.3, 0.4) is 0 Å². The fourth-order valence-corrected chi connectivity index (χ4v) is 2.89. The predicted octanol–water partition coefficient (Wildman–Crippen LogP) is 2.65. The third kappa shape index (κ3) is 1.57. The van der Waals surface area contributed by atoms with Gasteiger partial charge in [0, 0.05) is 24.2 Å². The van der Waals surface area contributed by atoms with Gasteiger partial charge in [0.1, 0.15) is 17.2 Å². The SMILES string of the molecule is O=C(O)c1c(F)cc(N2CC3(CCC3)C2)cc1F. The molecule has 3 nitrogen and oxygen atoms in total. The second-order valence-electron chi connectivity index (χ2n) is 5.30. The van der Waals surface area contributed by atoms with Crippen LogP contribution in [-0.2, 0) is 0 Å². The van der Waals surface area contributed by atoms with Crippen molar-refractivity contribution in [1.82, 2.24) is 0 Å². The molecule has 1 aliphatic carbocycles. The molecule has 1 heterocycles. The number of nitrogens with zero attached hydrogens (tertiary/aromatic N) is 1. The molecule has 1 aromatic carbocycles. The highest BCUT2D eigenvalue weighted by atomic mass is 19.1. The average molecular weight is 253 g/mol. The monoisotopic (exact) mass is 253 g/mol. The molecule has 1 saturated heterocycles. The molecule has 18 heavy (non-hydrogen) atoms. The summed E-state index contributed by atoms with van der Waals surface area (Å²) in [6.07, 6.45) is 3.60. The van der Waals surface area contributed by atoms with Crippen molar-refractivity contribution in [2.24, 2.45) is 5.41 Å². The van der Waals surface area contributed by atoms with Gasteiger partial charge in [0.25, 0.3) is 0 Å². The largest absolute Gasteiger partial charge is 0.477 e. The summed E-state index contributed by atoms with van der Waals surface area (Å²) in [7, 11) is 0. The molecule has 0 atom stereocenters. The summed E-state index contributed by atoms with van der Waals surface area (Å²) in [6.45, 7) is 1.64. The van der Waals surface area contributed by atoms with Crippen LogP contribution in [0.4, 0.5) is 14.5 Å². The van der Waals surface area contributed by atoms with Gasteiger partial charge in [0.15, 0.2) is 0 Å². The maximum Gasteiger partial charge on any atom is 0.341 e. The molecule has 3 rings (SSSR count). The predicted molar refractivity (Wildman–Crippen MR) is 61.8 cm³/mol. The van der Waals surface area contributed by atoms with Crippen LogP contribution in [0, 0.1) is 17.0 Å². The molecule has 1 spiro atoms. The number of benzene rings is 1. The molecule has 1 aliphatic heterocycles. The maximum atomic E-state index is 13.5. The molecule has 2 aliphatic rings. The van der Waals surface area contributed by atoms with Crippen molar-refractivity contribution in [3.05, 3.63) is 29.3 Å². The first kappa shape index (κ1) is 11.4. The zero-order valence-corrected chi connectivity index (χ0v) is 9.75. The summed E-state index contributed by atoms with van der Waals surface area (Å²) >= 11 is 0. The normalized spacial score (nSPS) is 20.4. The minimum atomic E-state index is -1.57. The lowest BCUT2D eigenvalue weighted by Gasteiger charge is -2.57. The Morgan fingerprint density at radius 2 is 1.78 bits per heavy atom. The van der Waals surface area contributed by atoms with Crippen molar-refractivity contribution in [3.63, 3.8) is 0 Å². The lowest BCUT2D eigenvalue weighted by molar-refractivity contribution is 0.0686. The number of aromatic carboxylic acids is 1. The topological polar surface area (TPSA) is 40.5 Å². The lowest BCUT2D eigenvalue weighted by Crippen LogP contribution is -2.59. The van der Waals surface area contributed by atoms with E-state index in [4.69, 9.17) is 5.11 Å². The zero-order valence-electron chi connectivity index (χ0n) is 9.75. The zero-order chi connectivity index (χ0) is 12.9. The Morgan fingerprint density at radius 3 is 2.17 bits per heavy atom. The van der Waals surface area contributed by atoms with E-state index in [1.54, 1.807) is 0 Å². The minimum absolute atomic E-state index is 0.360. The minimum Gasteiger partial charge on any atom is -0.477 e. The van der Waals surface area contributed by atoms with E-state index in [9.17, 15) is 13.6 Å². The highest BCUT2D eigenvalue weighted by Gasteiger charge is 2.47. The molecule has 5 heteroatoms. The maximum absolute atomic E-state index is 13.5. The van der Waals surface area contributed by atoms with E-state index in [0.29, 0.717) is 11.1 Å². The van der Waals surface area contributed by atoms with Gasteiger partial charge in [-0.15, -0.1) is 0 Å². The van der Waals surface area contributed by atoms with Crippen LogP contribution in [0.5, 0.6) is 0 Å². The molecule has 1 saturated carbocycles. The number of hydrogen-bond donors (Lipinski definition) is 1. The van der Waals surface area contributed by atoms with Gasteiger partial charge in [-0.3, -0.25) is 0 Å². The number of carboxylic acid groups (broad SMARTS) is 1. The first-order valence-electron chi connectivity index (χ1n) is 5.98. The molecule has 1 aromatic rings. The van der Waals surface area contributed by atoms with Crippen LogP contribution < -0.4 is 4.90 Å². The van der Waals surface area contributed by atoms with Crippen LogP contribution in [0.25, 0.3) is 0 Å². The molecule has 2 fully saturated rings. The second-order valence-corrected chi connectivity index (χ2v) is 5.30. The van der Waals surface area contributed by atoms with Crippen molar-refractivity contribution in [2.75, 3.05) is 18.0 Å². The van der Waals surface area contributed by atoms with Crippen LogP contribution >= 0.6 is 0 Å². The Balaban J connectivity index is 1.84. The van der Waals surface area contributed by atoms with Gasteiger partial charge in [0.2, 0.25) is 0 Å². The molecular weight excluding hydrogens is 240 g/mol. The summed E-state index contributed by atoms with van der Waals surface area (Å²) in [5.41, 5.74) is -0.0801. The van der Waals surface area contributed by atoms with Crippen molar-refractivity contribution in [2.45, 2.75) is 19.3 Å². The Bertz CT molecular complexity index is 495. The van der Waals surface area contributed by atoms with E-state index >= 15 is 0 Å². The summed E-state index contributed by atoms with van der Waals surface area (Å²) in [4.78, 5) is 12.6. The van der Waals surface area contributed by atoms with Gasteiger partial charge < -0.3 is 10.0 Å². The lowest BCUT2D eigenvalue weighted by atomic mass is 9.63. The number of halogens is 2. The van der Waals surface area contributed by atoms with E-state index in [0.717, 1.165) is 25.2 Å². The van der Waals surface area contributed by atoms with Crippen LogP contribution in [0.15, 0.2) is 12.1 Å². The number of carboxylic acids is 1. The first-order valence-corrected chi connectivity index (χ1v) is 5.98. The Hall–Kier alpha value is -1.65. The fourth-order valence-electron chi connectivity index (χ4n) is 2.89. The van der Waals surface area contributed by atoms with Gasteiger partial charge >= 0.3 is 5.97 Å². The highest BCUT2D eigenvalue weighted by molar-refractivity contribution is 5.88. The average Bonchev–Trinajstić information content (AvgIpc) is 2.10. The van der Waals surface area contributed by atoms with E-state index in [1.807, 2.05) is 4.90 Å². The van der Waals surface area contributed by atoms with Crippen molar-refractivity contribution >= 4 is 11.7 Å². The van der Waals surface area contributed by atoms with E-state index < -0.39 is 23.2 Å². The quantitative estimate of drug-likeness (QED) is 0.880. The van der Waals surface area contributed by atoms with E-state index in [2.05, 4.69) is 0 Å². The third-order valence-corrected chi connectivity index (χ3v) is 4.07. The summed E-state index contributed by atoms with van der Waals surface area (Å²) < 4.78 is 27.0. The molecule has 0 amide bonds. The molecule has 96 valence electrons. The molecule has 1 N–H and O–H groups in total. The number of carbonyl (C=O) groups is 1. The smallest absolute Gasteiger partial charge is 0.341 e. The van der Waals surface area contributed by atoms with Gasteiger partial charge in [-0.05, 0) is 25.0 Å². The van der Waals surface area contributed by atoms with E-state index in [-0.39, 0.29) is 0 Å². The molecule has 0 radical (unpaired) electrons. The third-order valence-electron chi connectivity index (χ3n) is 4.07. The van der Waals surface area contributed by atoms with Gasteiger partial charge in [-0.2, -0.15) is 0 Å². The van der Waals surface area contributed by atoms with Crippen molar-refractivity contribution in [3.8, 4) is 0 Å². The number of anilines is 1. The van der Waals surface area contributed by atoms with Crippen LogP contribution in [-0.4, -0.2) is 24.2 Å². The highest BCUT2D eigenvalue weighted by Crippen LogP contribution is 2.49. The van der Waals surface area contributed by atoms with Crippen LogP contribution in [0.2, 0.25) is 0 Å². The van der Waals surface area contributed by atoms with Gasteiger partial charge in [0.05, 0.1) is 0 Å². The van der Waals surface area contributed by atoms with Gasteiger partial charge in [-0.1, -0.05) is 6.42 Å². The van der Waals surface area contributed by atoms with Gasteiger partial charge in [-0.25, -0.2) is 13.6 Å². The molecule has 0 aromatic heterocycles. The molecular formula is C13H13F2NO2. The summed E-state index contributed by atoms with van der Waals surface area (Å²) in [5, 5.41) is 8.68. The standard InChI is InChI=1S/C13H13F2NO2/c14-9-4-8(5-10(15)11(9)12(17)18)16-6-13(7-16)2-1-3-13/h4-5H,1-3,6-7H2,(H,17,18). The van der Waals surface area contributed by atoms with E-state index in [1.165, 1.54) is 19.3 Å². The number of rotatable bonds is 2. The second kappa shape index (κ2) is 3.67. The van der Waals surface area contributed by atoms with Crippen molar-refractivity contribution < 1.29 is 18.7 Å². The Labute approximate surface area is 103 Å². The molecule has 0 bridgehead atoms. The number of hydrogen-bond acceptors (Lipinski definition) is 2. The Kier molecular flexibility index (Phi) is 2.33. The molecule has 0 unspecified atom stereocenters. The van der Waals surface area contributed by atoms with Crippen molar-refractivity contribution in [1.29, 1.82) is 0 Å². The Morgan fingerprint density at radius 1 is 1.22 bits per heavy atom.